The van der Waals surface area contributed by atoms with Crippen LogP contribution < -0.4 is 10.0 Å². The molecule has 168 valence electrons. The lowest BCUT2D eigenvalue weighted by Crippen LogP contribution is -2.24. The van der Waals surface area contributed by atoms with Crippen LogP contribution in [0.2, 0.25) is 0 Å². The van der Waals surface area contributed by atoms with Crippen LogP contribution in [0.1, 0.15) is 32.8 Å². The predicted octanol–water partition coefficient (Wildman–Crippen LogP) is 3.48. The molecule has 2 N–H and O–H groups in total. The SMILES string of the molecule is Cc1ccc(S(=O)(=O)NCc2ccco2)cc1C(=O)OCC(=O)Nc1cccc(C)c1C. The lowest BCUT2D eigenvalue weighted by molar-refractivity contribution is -0.119. The number of furan rings is 1. The largest absolute Gasteiger partial charge is 0.468 e. The van der Waals surface area contributed by atoms with Gasteiger partial charge in [0, 0.05) is 5.69 Å². The zero-order chi connectivity index (χ0) is 23.3. The molecule has 0 radical (unpaired) electrons. The van der Waals surface area contributed by atoms with Gasteiger partial charge in [0.1, 0.15) is 5.76 Å². The maximum absolute atomic E-state index is 12.6. The fraction of sp³-hybridized carbons (Fsp3) is 0.217. The Hall–Kier alpha value is -3.43. The summed E-state index contributed by atoms with van der Waals surface area (Å²) in [6.45, 7) is 4.94. The Morgan fingerprint density at radius 3 is 2.50 bits per heavy atom. The molecule has 2 aromatic carbocycles. The van der Waals surface area contributed by atoms with Gasteiger partial charge in [-0.1, -0.05) is 18.2 Å². The number of hydrogen-bond donors (Lipinski definition) is 2. The second-order valence-corrected chi connectivity index (χ2v) is 9.02. The van der Waals surface area contributed by atoms with E-state index < -0.39 is 28.5 Å². The number of rotatable bonds is 8. The van der Waals surface area contributed by atoms with Crippen LogP contribution in [-0.2, 0) is 26.1 Å². The standard InChI is InChI=1S/C23H24N2O6S/c1-15-6-4-8-21(17(15)3)25-22(26)14-31-23(27)20-12-19(10-9-16(20)2)32(28,29)24-13-18-7-5-11-30-18/h4-12,24H,13-14H2,1-3H3,(H,25,26). The van der Waals surface area contributed by atoms with Crippen LogP contribution in [0.3, 0.4) is 0 Å². The first kappa shape index (κ1) is 23.2. The van der Waals surface area contributed by atoms with Gasteiger partial charge in [0.15, 0.2) is 6.61 Å². The maximum atomic E-state index is 12.6. The molecule has 0 aliphatic rings. The molecular formula is C23H24N2O6S. The van der Waals surface area contributed by atoms with E-state index in [4.69, 9.17) is 9.15 Å². The van der Waals surface area contributed by atoms with Crippen LogP contribution in [0.4, 0.5) is 5.69 Å². The molecule has 1 heterocycles. The number of sulfonamides is 1. The summed E-state index contributed by atoms with van der Waals surface area (Å²) >= 11 is 0. The van der Waals surface area contributed by atoms with Crippen LogP contribution in [0.5, 0.6) is 0 Å². The Kier molecular flexibility index (Phi) is 7.12. The van der Waals surface area contributed by atoms with Gasteiger partial charge in [-0.15, -0.1) is 0 Å². The van der Waals surface area contributed by atoms with Crippen LogP contribution in [0, 0.1) is 20.8 Å². The van der Waals surface area contributed by atoms with Crippen molar-refractivity contribution < 1.29 is 27.2 Å². The molecule has 0 saturated heterocycles. The Morgan fingerprint density at radius 1 is 1.00 bits per heavy atom. The molecule has 0 aliphatic heterocycles. The number of carbonyl (C=O) groups is 2. The zero-order valence-corrected chi connectivity index (χ0v) is 18.8. The van der Waals surface area contributed by atoms with Gasteiger partial charge >= 0.3 is 5.97 Å². The van der Waals surface area contributed by atoms with Gasteiger partial charge in [-0.2, -0.15) is 0 Å². The lowest BCUT2D eigenvalue weighted by atomic mass is 10.1. The minimum absolute atomic E-state index is 0.0263. The van der Waals surface area contributed by atoms with E-state index in [-0.39, 0.29) is 17.0 Å². The molecule has 0 atom stereocenters. The quantitative estimate of drug-likeness (QED) is 0.502. The first-order chi connectivity index (χ1) is 15.2. The maximum Gasteiger partial charge on any atom is 0.338 e. The second-order valence-electron chi connectivity index (χ2n) is 7.25. The van der Waals surface area contributed by atoms with Crippen LogP contribution in [0.15, 0.2) is 64.1 Å². The van der Waals surface area contributed by atoms with E-state index in [1.165, 1.54) is 24.5 Å². The van der Waals surface area contributed by atoms with Gasteiger partial charge < -0.3 is 14.5 Å². The number of aryl methyl sites for hydroxylation is 2. The van der Waals surface area contributed by atoms with Gasteiger partial charge in [-0.3, -0.25) is 4.79 Å². The number of anilines is 1. The predicted molar refractivity (Wildman–Crippen MR) is 119 cm³/mol. The monoisotopic (exact) mass is 456 g/mol. The molecule has 32 heavy (non-hydrogen) atoms. The molecule has 0 bridgehead atoms. The van der Waals surface area contributed by atoms with E-state index in [1.54, 1.807) is 25.1 Å². The van der Waals surface area contributed by atoms with Crippen molar-refractivity contribution in [2.45, 2.75) is 32.2 Å². The molecular weight excluding hydrogens is 432 g/mol. The van der Waals surface area contributed by atoms with Crippen molar-refractivity contribution in [1.82, 2.24) is 4.72 Å². The van der Waals surface area contributed by atoms with Gasteiger partial charge in [-0.05, 0) is 67.8 Å². The molecule has 0 unspecified atom stereocenters. The Morgan fingerprint density at radius 2 is 1.78 bits per heavy atom. The highest BCUT2D eigenvalue weighted by Gasteiger charge is 2.20. The van der Waals surface area contributed by atoms with Crippen molar-refractivity contribution in [2.24, 2.45) is 0 Å². The first-order valence-corrected chi connectivity index (χ1v) is 11.3. The number of esters is 1. The van der Waals surface area contributed by atoms with E-state index in [0.29, 0.717) is 17.0 Å². The molecule has 3 rings (SSSR count). The Bertz CT molecular complexity index is 1230. The molecule has 0 fully saturated rings. The summed E-state index contributed by atoms with van der Waals surface area (Å²) in [5, 5.41) is 2.71. The Balaban J connectivity index is 1.66. The topological polar surface area (TPSA) is 115 Å². The Labute approximate surface area is 186 Å². The van der Waals surface area contributed by atoms with Crippen LogP contribution in [0.25, 0.3) is 0 Å². The molecule has 1 amide bonds. The number of nitrogens with one attached hydrogen (secondary N) is 2. The van der Waals surface area contributed by atoms with Gasteiger partial charge in [0.05, 0.1) is 23.3 Å². The highest BCUT2D eigenvalue weighted by Crippen LogP contribution is 2.19. The number of carbonyl (C=O) groups excluding carboxylic acids is 2. The summed E-state index contributed by atoms with van der Waals surface area (Å²) in [5.41, 5.74) is 3.16. The van der Waals surface area contributed by atoms with Crippen molar-refractivity contribution in [3.05, 3.63) is 82.8 Å². The fourth-order valence-electron chi connectivity index (χ4n) is 2.93. The smallest absolute Gasteiger partial charge is 0.338 e. The van der Waals surface area contributed by atoms with Crippen molar-refractivity contribution in [1.29, 1.82) is 0 Å². The number of ether oxygens (including phenoxy) is 1. The highest BCUT2D eigenvalue weighted by atomic mass is 32.2. The summed E-state index contributed by atoms with van der Waals surface area (Å²) in [5.74, 6) is -0.828. The summed E-state index contributed by atoms with van der Waals surface area (Å²) in [4.78, 5) is 24.7. The summed E-state index contributed by atoms with van der Waals surface area (Å²) in [6.07, 6.45) is 1.44. The van der Waals surface area contributed by atoms with Gasteiger partial charge in [0.2, 0.25) is 10.0 Å². The van der Waals surface area contributed by atoms with E-state index in [2.05, 4.69) is 10.0 Å². The lowest BCUT2D eigenvalue weighted by Gasteiger charge is -2.12. The summed E-state index contributed by atoms with van der Waals surface area (Å²) in [6, 6.07) is 12.9. The molecule has 0 spiro atoms. The average Bonchev–Trinajstić information content (AvgIpc) is 3.28. The summed E-state index contributed by atoms with van der Waals surface area (Å²) in [7, 11) is -3.89. The summed E-state index contributed by atoms with van der Waals surface area (Å²) < 4.78 is 37.8. The minimum Gasteiger partial charge on any atom is -0.468 e. The minimum atomic E-state index is -3.89. The van der Waals surface area contributed by atoms with E-state index in [1.807, 2.05) is 26.0 Å². The number of hydrogen-bond acceptors (Lipinski definition) is 6. The number of amides is 1. The zero-order valence-electron chi connectivity index (χ0n) is 18.0. The molecule has 1 aromatic heterocycles. The molecule has 3 aromatic rings. The van der Waals surface area contributed by atoms with E-state index >= 15 is 0 Å². The molecule has 0 aliphatic carbocycles. The third-order valence-electron chi connectivity index (χ3n) is 4.97. The average molecular weight is 457 g/mol. The second kappa shape index (κ2) is 9.80. The van der Waals surface area contributed by atoms with Gasteiger partial charge in [0.25, 0.3) is 5.91 Å². The molecule has 8 nitrogen and oxygen atoms in total. The number of benzene rings is 2. The highest BCUT2D eigenvalue weighted by molar-refractivity contribution is 7.89. The fourth-order valence-corrected chi connectivity index (χ4v) is 3.95. The van der Waals surface area contributed by atoms with Crippen LogP contribution in [-0.4, -0.2) is 26.9 Å². The van der Waals surface area contributed by atoms with Crippen LogP contribution >= 0.6 is 0 Å². The third kappa shape index (κ3) is 5.63. The van der Waals surface area contributed by atoms with Crippen molar-refractivity contribution in [3.63, 3.8) is 0 Å². The first-order valence-electron chi connectivity index (χ1n) is 9.83. The van der Waals surface area contributed by atoms with Crippen molar-refractivity contribution in [3.8, 4) is 0 Å². The van der Waals surface area contributed by atoms with E-state index in [9.17, 15) is 18.0 Å². The molecule has 0 saturated carbocycles. The molecule has 9 heteroatoms. The van der Waals surface area contributed by atoms with Crippen molar-refractivity contribution >= 4 is 27.6 Å². The van der Waals surface area contributed by atoms with E-state index in [0.717, 1.165) is 11.1 Å². The normalized spacial score (nSPS) is 11.2. The van der Waals surface area contributed by atoms with Crippen molar-refractivity contribution in [2.75, 3.05) is 11.9 Å². The third-order valence-corrected chi connectivity index (χ3v) is 6.37. The van der Waals surface area contributed by atoms with Gasteiger partial charge in [-0.25, -0.2) is 17.9 Å².